The maximum atomic E-state index is 13.2. The molecule has 2 amide bonds. The molecule has 1 aliphatic heterocycles. The number of aryl methyl sites for hydroxylation is 1. The third-order valence-corrected chi connectivity index (χ3v) is 5.39. The van der Waals surface area contributed by atoms with Gasteiger partial charge in [0.1, 0.15) is 5.00 Å². The van der Waals surface area contributed by atoms with E-state index in [0.717, 1.165) is 16.5 Å². The molecule has 0 aliphatic carbocycles. The first-order valence-electron chi connectivity index (χ1n) is 8.60. The van der Waals surface area contributed by atoms with E-state index in [0.29, 0.717) is 36.0 Å². The van der Waals surface area contributed by atoms with E-state index in [1.165, 1.54) is 29.5 Å². The highest BCUT2D eigenvalue weighted by atomic mass is 32.1. The fraction of sp³-hybridized carbons (Fsp3) is 0.278. The minimum atomic E-state index is -4.59. The van der Waals surface area contributed by atoms with Crippen molar-refractivity contribution in [3.8, 4) is 11.5 Å². The van der Waals surface area contributed by atoms with Crippen LogP contribution in [0, 0.1) is 6.92 Å². The number of thiophene rings is 1. The minimum Gasteiger partial charge on any atom is -0.376 e. The van der Waals surface area contributed by atoms with Crippen molar-refractivity contribution in [3.63, 3.8) is 0 Å². The molecule has 0 unspecified atom stereocenters. The van der Waals surface area contributed by atoms with Gasteiger partial charge in [0.05, 0.1) is 30.0 Å². The van der Waals surface area contributed by atoms with Crippen molar-refractivity contribution in [1.29, 1.82) is 0 Å². The van der Waals surface area contributed by atoms with Gasteiger partial charge in [0.25, 0.3) is 5.89 Å². The smallest absolute Gasteiger partial charge is 0.376 e. The Morgan fingerprint density at radius 1 is 1.24 bits per heavy atom. The van der Waals surface area contributed by atoms with Crippen LogP contribution in [0.1, 0.15) is 21.8 Å². The van der Waals surface area contributed by atoms with Crippen LogP contribution in [-0.2, 0) is 23.9 Å². The number of benzene rings is 1. The van der Waals surface area contributed by atoms with Crippen LogP contribution in [0.3, 0.4) is 0 Å². The molecule has 3 aromatic rings. The van der Waals surface area contributed by atoms with Crippen LogP contribution in [0.5, 0.6) is 0 Å². The van der Waals surface area contributed by atoms with Gasteiger partial charge in [-0.15, -0.1) is 11.3 Å². The van der Waals surface area contributed by atoms with Gasteiger partial charge in [-0.1, -0.05) is 17.3 Å². The van der Waals surface area contributed by atoms with E-state index >= 15 is 0 Å². The molecule has 7 nitrogen and oxygen atoms in total. The number of halogens is 3. The molecular formula is C18H15F3N4O3S. The maximum Gasteiger partial charge on any atom is 0.418 e. The van der Waals surface area contributed by atoms with Crippen LogP contribution < -0.4 is 10.6 Å². The molecular weight excluding hydrogens is 409 g/mol. The van der Waals surface area contributed by atoms with Gasteiger partial charge in [-0.25, -0.2) is 4.79 Å². The van der Waals surface area contributed by atoms with Crippen molar-refractivity contribution < 1.29 is 27.2 Å². The summed E-state index contributed by atoms with van der Waals surface area (Å²) in [4.78, 5) is 17.6. The predicted molar refractivity (Wildman–Crippen MR) is 99.8 cm³/mol. The lowest BCUT2D eigenvalue weighted by molar-refractivity contribution is -0.136. The molecule has 11 heteroatoms. The van der Waals surface area contributed by atoms with Gasteiger partial charge in [-0.2, -0.15) is 18.2 Å². The molecule has 4 rings (SSSR count). The van der Waals surface area contributed by atoms with E-state index in [9.17, 15) is 18.0 Å². The van der Waals surface area contributed by atoms with E-state index in [2.05, 4.69) is 20.8 Å². The van der Waals surface area contributed by atoms with Crippen LogP contribution in [0.2, 0.25) is 0 Å². The molecule has 152 valence electrons. The van der Waals surface area contributed by atoms with Gasteiger partial charge in [-0.3, -0.25) is 5.32 Å². The van der Waals surface area contributed by atoms with Gasteiger partial charge in [0.2, 0.25) is 0 Å². The van der Waals surface area contributed by atoms with E-state index in [4.69, 9.17) is 9.26 Å². The number of carbonyl (C=O) groups excluding carboxylic acids is 1. The number of carbonyl (C=O) groups is 1. The summed E-state index contributed by atoms with van der Waals surface area (Å²) in [6, 6.07) is 3.97. The number of anilines is 2. The van der Waals surface area contributed by atoms with Crippen molar-refractivity contribution in [2.24, 2.45) is 0 Å². The van der Waals surface area contributed by atoms with Crippen molar-refractivity contribution in [2.75, 3.05) is 17.2 Å². The summed E-state index contributed by atoms with van der Waals surface area (Å²) in [6.45, 7) is 2.55. The van der Waals surface area contributed by atoms with Crippen LogP contribution >= 0.6 is 11.3 Å². The van der Waals surface area contributed by atoms with Gasteiger partial charge < -0.3 is 14.6 Å². The molecule has 3 heterocycles. The molecule has 2 N–H and O–H groups in total. The summed E-state index contributed by atoms with van der Waals surface area (Å²) in [7, 11) is 0. The van der Waals surface area contributed by atoms with E-state index in [1.807, 2.05) is 0 Å². The average molecular weight is 424 g/mol. The second kappa shape index (κ2) is 7.48. The topological polar surface area (TPSA) is 89.3 Å². The molecule has 1 aliphatic rings. The summed E-state index contributed by atoms with van der Waals surface area (Å²) < 4.78 is 50.2. The number of para-hydroxylation sites is 1. The summed E-state index contributed by atoms with van der Waals surface area (Å²) in [5.74, 6) is 0.675. The predicted octanol–water partition coefficient (Wildman–Crippen LogP) is 4.84. The number of alkyl halides is 3. The molecule has 2 aromatic heterocycles. The van der Waals surface area contributed by atoms with Crippen LogP contribution in [0.15, 0.2) is 28.8 Å². The fourth-order valence-corrected chi connectivity index (χ4v) is 4.21. The number of fused-ring (bicyclic) bond motifs is 1. The van der Waals surface area contributed by atoms with Crippen molar-refractivity contribution in [3.05, 3.63) is 46.1 Å². The third kappa shape index (κ3) is 3.96. The van der Waals surface area contributed by atoms with E-state index < -0.39 is 17.8 Å². The summed E-state index contributed by atoms with van der Waals surface area (Å²) in [5, 5.41) is 9.08. The molecule has 29 heavy (non-hydrogen) atoms. The number of amides is 2. The Morgan fingerprint density at radius 2 is 2.03 bits per heavy atom. The van der Waals surface area contributed by atoms with Gasteiger partial charge >= 0.3 is 12.2 Å². The number of hydrogen-bond acceptors (Lipinski definition) is 6. The summed E-state index contributed by atoms with van der Waals surface area (Å²) in [6.07, 6.45) is -3.99. The highest BCUT2D eigenvalue weighted by molar-refractivity contribution is 7.17. The number of rotatable bonds is 3. The molecule has 0 atom stereocenters. The van der Waals surface area contributed by atoms with Gasteiger partial charge in [0, 0.05) is 4.88 Å². The summed E-state index contributed by atoms with van der Waals surface area (Å²) >= 11 is 1.27. The SMILES string of the molecule is Cc1noc(-c2c(NC(=O)Nc3ccccc3C(F)(F)F)sc3c2CCOC3)n1. The van der Waals surface area contributed by atoms with Crippen LogP contribution in [-0.4, -0.2) is 22.8 Å². The molecule has 0 radical (unpaired) electrons. The first-order chi connectivity index (χ1) is 13.8. The normalized spacial score (nSPS) is 13.8. The largest absolute Gasteiger partial charge is 0.418 e. The van der Waals surface area contributed by atoms with E-state index in [1.54, 1.807) is 6.92 Å². The fourth-order valence-electron chi connectivity index (χ4n) is 3.04. The monoisotopic (exact) mass is 424 g/mol. The highest BCUT2D eigenvalue weighted by Gasteiger charge is 2.34. The van der Waals surface area contributed by atoms with Crippen LogP contribution in [0.25, 0.3) is 11.5 Å². The van der Waals surface area contributed by atoms with Gasteiger partial charge in [-0.05, 0) is 31.0 Å². The first kappa shape index (κ1) is 19.4. The van der Waals surface area contributed by atoms with E-state index in [-0.39, 0.29) is 11.6 Å². The zero-order valence-corrected chi connectivity index (χ0v) is 15.9. The number of nitrogens with one attached hydrogen (secondary N) is 2. The molecule has 0 bridgehead atoms. The Morgan fingerprint density at radius 3 is 2.76 bits per heavy atom. The number of urea groups is 1. The lowest BCUT2D eigenvalue weighted by Crippen LogP contribution is -2.21. The number of hydrogen-bond donors (Lipinski definition) is 2. The molecule has 0 saturated carbocycles. The molecule has 0 saturated heterocycles. The molecule has 0 fully saturated rings. The Hall–Kier alpha value is -2.92. The molecule has 0 spiro atoms. The standard InChI is InChI=1S/C18H15F3N4O3S/c1-9-22-15(28-25-9)14-10-6-7-27-8-13(10)29-16(14)24-17(26)23-12-5-3-2-4-11(12)18(19,20)21/h2-5H,6-8H2,1H3,(H2,23,24,26). The lowest BCUT2D eigenvalue weighted by atomic mass is 10.1. The third-order valence-electron chi connectivity index (χ3n) is 4.27. The van der Waals surface area contributed by atoms with Crippen molar-refractivity contribution in [2.45, 2.75) is 26.1 Å². The second-order valence-corrected chi connectivity index (χ2v) is 7.38. The Balaban J connectivity index is 1.64. The lowest BCUT2D eigenvalue weighted by Gasteiger charge is -2.14. The zero-order valence-electron chi connectivity index (χ0n) is 15.1. The Bertz CT molecular complexity index is 1060. The zero-order chi connectivity index (χ0) is 20.6. The Labute approximate surface area is 166 Å². The summed E-state index contributed by atoms with van der Waals surface area (Å²) in [5.41, 5.74) is 0.239. The Kier molecular flexibility index (Phi) is 5.01. The number of ether oxygens (including phenoxy) is 1. The van der Waals surface area contributed by atoms with Crippen LogP contribution in [0.4, 0.5) is 28.7 Å². The first-order valence-corrected chi connectivity index (χ1v) is 9.42. The quantitative estimate of drug-likeness (QED) is 0.628. The van der Waals surface area contributed by atoms with Crippen molar-refractivity contribution >= 4 is 28.1 Å². The molecule has 1 aromatic carbocycles. The maximum absolute atomic E-state index is 13.2. The van der Waals surface area contributed by atoms with Crippen molar-refractivity contribution in [1.82, 2.24) is 10.1 Å². The van der Waals surface area contributed by atoms with Gasteiger partial charge in [0.15, 0.2) is 5.82 Å². The number of aromatic nitrogens is 2. The highest BCUT2D eigenvalue weighted by Crippen LogP contribution is 2.42. The minimum absolute atomic E-state index is 0.243. The second-order valence-electron chi connectivity index (χ2n) is 6.28. The number of nitrogens with zero attached hydrogens (tertiary/aromatic N) is 2. The average Bonchev–Trinajstić information content (AvgIpc) is 3.23.